The normalized spacial score (nSPS) is 10.6. The van der Waals surface area contributed by atoms with Crippen molar-refractivity contribution in [3.8, 4) is 5.75 Å². The topological polar surface area (TPSA) is 15.7 Å². The third kappa shape index (κ3) is 4.65. The van der Waals surface area contributed by atoms with E-state index >= 15 is 0 Å². The minimum Gasteiger partial charge on any atom is -0.492 e. The van der Waals surface area contributed by atoms with Crippen molar-refractivity contribution < 1.29 is 4.74 Å². The van der Waals surface area contributed by atoms with Crippen LogP contribution in [0.15, 0.2) is 24.3 Å². The average molecular weight is 236 g/mol. The summed E-state index contributed by atoms with van der Waals surface area (Å²) in [6.45, 7) is 8.25. The third-order valence-electron chi connectivity index (χ3n) is 2.90. The molecule has 0 spiro atoms. The zero-order chi connectivity index (χ0) is 12.7. The molecule has 17 heavy (non-hydrogen) atoms. The van der Waals surface area contributed by atoms with E-state index in [-0.39, 0.29) is 0 Å². The molecular formula is C14H24N2O. The lowest BCUT2D eigenvalue weighted by Gasteiger charge is -2.18. The van der Waals surface area contributed by atoms with E-state index in [1.165, 1.54) is 5.69 Å². The van der Waals surface area contributed by atoms with Crippen LogP contribution in [-0.2, 0) is 0 Å². The van der Waals surface area contributed by atoms with Crippen molar-refractivity contribution in [3.63, 3.8) is 0 Å². The van der Waals surface area contributed by atoms with Gasteiger partial charge < -0.3 is 14.5 Å². The molecule has 0 radical (unpaired) electrons. The van der Waals surface area contributed by atoms with E-state index in [4.69, 9.17) is 4.74 Å². The van der Waals surface area contributed by atoms with Gasteiger partial charge in [0.25, 0.3) is 0 Å². The van der Waals surface area contributed by atoms with E-state index < -0.39 is 0 Å². The second-order valence-corrected chi connectivity index (χ2v) is 4.27. The molecule has 0 amide bonds. The van der Waals surface area contributed by atoms with Crippen LogP contribution in [0.5, 0.6) is 5.75 Å². The number of hydrogen-bond acceptors (Lipinski definition) is 3. The van der Waals surface area contributed by atoms with E-state index in [2.05, 4.69) is 35.8 Å². The van der Waals surface area contributed by atoms with E-state index in [0.29, 0.717) is 0 Å². The van der Waals surface area contributed by atoms with Crippen LogP contribution in [0, 0.1) is 0 Å². The highest BCUT2D eigenvalue weighted by Gasteiger charge is 2.01. The van der Waals surface area contributed by atoms with Gasteiger partial charge in [0.1, 0.15) is 12.4 Å². The zero-order valence-corrected chi connectivity index (χ0v) is 11.4. The highest BCUT2D eigenvalue weighted by molar-refractivity contribution is 5.49. The van der Waals surface area contributed by atoms with Crippen molar-refractivity contribution in [1.29, 1.82) is 0 Å². The molecule has 96 valence electrons. The maximum atomic E-state index is 5.76. The number of hydrogen-bond donors (Lipinski definition) is 0. The molecule has 0 bridgehead atoms. The van der Waals surface area contributed by atoms with Gasteiger partial charge in [-0.3, -0.25) is 0 Å². The lowest BCUT2D eigenvalue weighted by molar-refractivity contribution is 0.223. The highest BCUT2D eigenvalue weighted by atomic mass is 16.5. The molecule has 0 saturated heterocycles. The van der Waals surface area contributed by atoms with Gasteiger partial charge >= 0.3 is 0 Å². The standard InChI is InChI=1S/C14H24N2O/c1-5-16(6-2)10-11-17-14-9-7-8-13(12-14)15(3)4/h7-9,12H,5-6,10-11H2,1-4H3. The Bertz CT molecular complexity index is 322. The summed E-state index contributed by atoms with van der Waals surface area (Å²) >= 11 is 0. The summed E-state index contributed by atoms with van der Waals surface area (Å²) in [4.78, 5) is 4.44. The van der Waals surface area contributed by atoms with Gasteiger partial charge in [0, 0.05) is 32.4 Å². The van der Waals surface area contributed by atoms with Crippen LogP contribution in [0.2, 0.25) is 0 Å². The SMILES string of the molecule is CCN(CC)CCOc1cccc(N(C)C)c1. The van der Waals surface area contributed by atoms with Gasteiger partial charge in [0.15, 0.2) is 0 Å². The number of rotatable bonds is 7. The molecule has 0 aliphatic heterocycles. The fourth-order valence-corrected chi connectivity index (χ4v) is 1.68. The highest BCUT2D eigenvalue weighted by Crippen LogP contribution is 2.19. The summed E-state index contributed by atoms with van der Waals surface area (Å²) in [5.74, 6) is 0.948. The molecule has 3 nitrogen and oxygen atoms in total. The molecule has 1 aromatic rings. The molecule has 0 aliphatic carbocycles. The Balaban J connectivity index is 2.43. The smallest absolute Gasteiger partial charge is 0.121 e. The minimum absolute atomic E-state index is 0.749. The summed E-state index contributed by atoms with van der Waals surface area (Å²) in [6.07, 6.45) is 0. The van der Waals surface area contributed by atoms with Crippen LogP contribution in [0.4, 0.5) is 5.69 Å². The summed E-state index contributed by atoms with van der Waals surface area (Å²) in [7, 11) is 4.07. The van der Waals surface area contributed by atoms with E-state index in [9.17, 15) is 0 Å². The van der Waals surface area contributed by atoms with Crippen molar-refractivity contribution in [2.45, 2.75) is 13.8 Å². The molecule has 0 fully saturated rings. The molecule has 0 heterocycles. The van der Waals surface area contributed by atoms with Crippen molar-refractivity contribution >= 4 is 5.69 Å². The Morgan fingerprint density at radius 2 is 1.82 bits per heavy atom. The maximum Gasteiger partial charge on any atom is 0.121 e. The van der Waals surface area contributed by atoms with Crippen LogP contribution in [0.3, 0.4) is 0 Å². The van der Waals surface area contributed by atoms with Gasteiger partial charge in [0.2, 0.25) is 0 Å². The van der Waals surface area contributed by atoms with Crippen LogP contribution in [0.25, 0.3) is 0 Å². The van der Waals surface area contributed by atoms with Crippen LogP contribution < -0.4 is 9.64 Å². The van der Waals surface area contributed by atoms with Gasteiger partial charge in [-0.25, -0.2) is 0 Å². The summed E-state index contributed by atoms with van der Waals surface area (Å²) in [5.41, 5.74) is 1.17. The largest absolute Gasteiger partial charge is 0.492 e. The fraction of sp³-hybridized carbons (Fsp3) is 0.571. The predicted molar refractivity (Wildman–Crippen MR) is 74.1 cm³/mol. The molecule has 3 heteroatoms. The first-order chi connectivity index (χ1) is 8.17. The summed E-state index contributed by atoms with van der Waals surface area (Å²) < 4.78 is 5.76. The fourth-order valence-electron chi connectivity index (χ4n) is 1.68. The number of ether oxygens (including phenoxy) is 1. The monoisotopic (exact) mass is 236 g/mol. The van der Waals surface area contributed by atoms with Crippen LogP contribution >= 0.6 is 0 Å². The third-order valence-corrected chi connectivity index (χ3v) is 2.90. The molecule has 0 N–H and O–H groups in total. The average Bonchev–Trinajstić information content (AvgIpc) is 2.35. The van der Waals surface area contributed by atoms with Crippen molar-refractivity contribution in [3.05, 3.63) is 24.3 Å². The molecule has 0 aliphatic rings. The molecule has 0 atom stereocenters. The Kier molecular flexibility index (Phi) is 5.84. The number of likely N-dealkylation sites (N-methyl/N-ethyl adjacent to an activating group) is 1. The minimum atomic E-state index is 0.749. The van der Waals surface area contributed by atoms with E-state index in [1.807, 2.05) is 26.2 Å². The molecular weight excluding hydrogens is 212 g/mol. The van der Waals surface area contributed by atoms with E-state index in [1.54, 1.807) is 0 Å². The Morgan fingerprint density at radius 3 is 2.41 bits per heavy atom. The first kappa shape index (κ1) is 13.8. The molecule has 1 rings (SSSR count). The lowest BCUT2D eigenvalue weighted by atomic mass is 10.3. The van der Waals surface area contributed by atoms with Crippen molar-refractivity contribution in [2.24, 2.45) is 0 Å². The first-order valence-electron chi connectivity index (χ1n) is 6.30. The Morgan fingerprint density at radius 1 is 1.12 bits per heavy atom. The van der Waals surface area contributed by atoms with Gasteiger partial charge in [-0.2, -0.15) is 0 Å². The second kappa shape index (κ2) is 7.17. The maximum absolute atomic E-state index is 5.76. The second-order valence-electron chi connectivity index (χ2n) is 4.27. The van der Waals surface area contributed by atoms with Gasteiger partial charge in [0.05, 0.1) is 0 Å². The summed E-state index contributed by atoms with van der Waals surface area (Å²) in [6, 6.07) is 8.19. The van der Waals surface area contributed by atoms with Crippen LogP contribution in [0.1, 0.15) is 13.8 Å². The quantitative estimate of drug-likeness (QED) is 0.723. The Hall–Kier alpha value is -1.22. The van der Waals surface area contributed by atoms with Crippen LogP contribution in [-0.4, -0.2) is 45.2 Å². The Labute approximate surface area is 105 Å². The van der Waals surface area contributed by atoms with Gasteiger partial charge in [-0.05, 0) is 25.2 Å². The molecule has 1 aromatic carbocycles. The number of anilines is 1. The van der Waals surface area contributed by atoms with Crippen molar-refractivity contribution in [2.75, 3.05) is 45.2 Å². The lowest BCUT2D eigenvalue weighted by Crippen LogP contribution is -2.27. The summed E-state index contributed by atoms with van der Waals surface area (Å²) in [5, 5.41) is 0. The molecule has 0 saturated carbocycles. The van der Waals surface area contributed by atoms with Gasteiger partial charge in [-0.1, -0.05) is 19.9 Å². The predicted octanol–water partition coefficient (Wildman–Crippen LogP) is 2.47. The first-order valence-corrected chi connectivity index (χ1v) is 6.30. The number of benzene rings is 1. The zero-order valence-electron chi connectivity index (χ0n) is 11.4. The molecule has 0 aromatic heterocycles. The number of nitrogens with zero attached hydrogens (tertiary/aromatic N) is 2. The molecule has 0 unspecified atom stereocenters. The van der Waals surface area contributed by atoms with Gasteiger partial charge in [-0.15, -0.1) is 0 Å². The van der Waals surface area contributed by atoms with Crippen molar-refractivity contribution in [1.82, 2.24) is 4.90 Å². The van der Waals surface area contributed by atoms with E-state index in [0.717, 1.165) is 32.0 Å².